The Labute approximate surface area is 194 Å². The number of unbranched alkanes of at least 4 members (excludes halogenated alkanes) is 1. The van der Waals surface area contributed by atoms with Crippen LogP contribution in [0.1, 0.15) is 18.4 Å². The highest BCUT2D eigenvalue weighted by atomic mass is 79.9. The fourth-order valence-electron chi connectivity index (χ4n) is 3.14. The van der Waals surface area contributed by atoms with E-state index in [1.165, 1.54) is 10.8 Å². The van der Waals surface area contributed by atoms with Crippen LogP contribution >= 0.6 is 27.7 Å². The van der Waals surface area contributed by atoms with E-state index in [9.17, 15) is 18.4 Å². The van der Waals surface area contributed by atoms with Gasteiger partial charge in [-0.2, -0.15) is 14.0 Å². The Hall–Kier alpha value is -2.97. The first-order chi connectivity index (χ1) is 15.2. The molecule has 0 spiro atoms. The van der Waals surface area contributed by atoms with Crippen LogP contribution in [0.3, 0.4) is 0 Å². The molecule has 0 fully saturated rings. The smallest absolute Gasteiger partial charge is 0.377 e. The second-order valence-electron chi connectivity index (χ2n) is 6.70. The van der Waals surface area contributed by atoms with Crippen molar-refractivity contribution in [3.63, 3.8) is 0 Å². The molecular formula is C21H17BrF2N4O3S. The predicted molar refractivity (Wildman–Crippen MR) is 119 cm³/mol. The maximum absolute atomic E-state index is 14.5. The molecule has 0 unspecified atom stereocenters. The summed E-state index contributed by atoms with van der Waals surface area (Å²) in [5.41, 5.74) is 1.61. The number of imidazole rings is 1. The van der Waals surface area contributed by atoms with Gasteiger partial charge in [-0.1, -0.05) is 30.3 Å². The topological polar surface area (TPSA) is 108 Å². The summed E-state index contributed by atoms with van der Waals surface area (Å²) in [4.78, 5) is 26.4. The molecule has 0 atom stereocenters. The lowest BCUT2D eigenvalue weighted by molar-refractivity contribution is -0.141. The van der Waals surface area contributed by atoms with Gasteiger partial charge in [0.15, 0.2) is 5.16 Å². The fourth-order valence-corrected chi connectivity index (χ4v) is 4.51. The van der Waals surface area contributed by atoms with E-state index in [1.807, 2.05) is 30.3 Å². The molecule has 0 saturated carbocycles. The normalized spacial score (nSPS) is 11.3. The number of thioether (sulfide) groups is 1. The van der Waals surface area contributed by atoms with Crippen LogP contribution < -0.4 is 5.32 Å². The van der Waals surface area contributed by atoms with Gasteiger partial charge in [-0.3, -0.25) is 14.2 Å². The van der Waals surface area contributed by atoms with Crippen molar-refractivity contribution in [2.75, 3.05) is 6.54 Å². The highest BCUT2D eigenvalue weighted by Crippen LogP contribution is 2.39. The molecule has 1 amide bonds. The van der Waals surface area contributed by atoms with E-state index >= 15 is 0 Å². The number of aromatic nitrogens is 2. The number of carbonyl (C=O) groups excluding carboxylic acids is 1. The van der Waals surface area contributed by atoms with Crippen molar-refractivity contribution < 1.29 is 23.5 Å². The first-order valence-electron chi connectivity index (χ1n) is 9.42. The first-order valence-corrected chi connectivity index (χ1v) is 11.0. The zero-order valence-electron chi connectivity index (χ0n) is 16.5. The van der Waals surface area contributed by atoms with E-state index in [4.69, 9.17) is 10.4 Å². The Bertz CT molecular complexity index is 1210. The summed E-state index contributed by atoms with van der Waals surface area (Å²) in [6.45, 7) is -0.912. The van der Waals surface area contributed by atoms with Crippen LogP contribution in [-0.2, 0) is 16.0 Å². The van der Waals surface area contributed by atoms with Gasteiger partial charge in [-0.25, -0.2) is 4.98 Å². The van der Waals surface area contributed by atoms with Crippen LogP contribution in [0.5, 0.6) is 0 Å². The van der Waals surface area contributed by atoms with E-state index in [-0.39, 0.29) is 16.9 Å². The van der Waals surface area contributed by atoms with Gasteiger partial charge in [0.1, 0.15) is 11.1 Å². The molecule has 2 aromatic carbocycles. The number of hydrogen-bond acceptors (Lipinski definition) is 5. The van der Waals surface area contributed by atoms with E-state index in [0.29, 0.717) is 29.6 Å². The molecule has 0 bridgehead atoms. The maximum Gasteiger partial charge on any atom is 0.377 e. The third-order valence-electron chi connectivity index (χ3n) is 4.54. The molecule has 3 aromatic rings. The molecule has 1 aromatic heterocycles. The lowest BCUT2D eigenvalue weighted by Gasteiger charge is -2.17. The van der Waals surface area contributed by atoms with Crippen molar-refractivity contribution in [2.45, 2.75) is 29.7 Å². The van der Waals surface area contributed by atoms with Crippen molar-refractivity contribution in [1.29, 1.82) is 5.26 Å². The second kappa shape index (κ2) is 10.1. The van der Waals surface area contributed by atoms with Crippen molar-refractivity contribution in [3.05, 3.63) is 52.8 Å². The number of fused-ring (bicyclic) bond motifs is 1. The van der Waals surface area contributed by atoms with Gasteiger partial charge in [0.25, 0.3) is 0 Å². The van der Waals surface area contributed by atoms with Gasteiger partial charge >= 0.3 is 17.1 Å². The Kier molecular flexibility index (Phi) is 7.48. The minimum atomic E-state index is -3.94. The van der Waals surface area contributed by atoms with Gasteiger partial charge < -0.3 is 10.4 Å². The number of nitriles is 1. The second-order valence-corrected chi connectivity index (χ2v) is 8.59. The van der Waals surface area contributed by atoms with Crippen molar-refractivity contribution >= 4 is 50.3 Å². The minimum absolute atomic E-state index is 0.0749. The van der Waals surface area contributed by atoms with Crippen LogP contribution in [0.2, 0.25) is 0 Å². The number of rotatable bonds is 9. The van der Waals surface area contributed by atoms with E-state index in [2.05, 4.69) is 27.0 Å². The number of benzene rings is 2. The molecule has 32 heavy (non-hydrogen) atoms. The molecule has 0 saturated heterocycles. The number of alkyl halides is 2. The summed E-state index contributed by atoms with van der Waals surface area (Å²) in [5, 5.41) is 16.7. The number of carboxylic acid groups (broad SMARTS) is 1. The molecule has 3 rings (SSSR count). The molecule has 0 aliphatic carbocycles. The van der Waals surface area contributed by atoms with Crippen LogP contribution in [0.4, 0.5) is 8.78 Å². The lowest BCUT2D eigenvalue weighted by atomic mass is 9.99. The van der Waals surface area contributed by atoms with Crippen LogP contribution in [0, 0.1) is 11.3 Å². The van der Waals surface area contributed by atoms with Crippen LogP contribution in [0.25, 0.3) is 16.5 Å². The van der Waals surface area contributed by atoms with Crippen LogP contribution in [0.15, 0.2) is 52.4 Å². The average molecular weight is 523 g/mol. The molecule has 0 radical (unpaired) electrons. The van der Waals surface area contributed by atoms with Crippen molar-refractivity contribution in [3.8, 4) is 11.8 Å². The van der Waals surface area contributed by atoms with E-state index in [1.54, 1.807) is 11.4 Å². The third kappa shape index (κ3) is 5.26. The van der Waals surface area contributed by atoms with Crippen molar-refractivity contribution in [1.82, 2.24) is 14.9 Å². The first kappa shape index (κ1) is 23.7. The number of aliphatic carboxylic acids is 1. The Morgan fingerprint density at radius 1 is 1.25 bits per heavy atom. The molecule has 0 aliphatic heterocycles. The third-order valence-corrected chi connectivity index (χ3v) is 6.01. The standard InChI is InChI=1S/C21H17BrF2N4O3S/c22-17-11-27-20(32-21(23,24)19(31)26-12-18(29)30)28(17)16-9-8-13(5-3-4-10-25)14-6-1-2-7-15(14)16/h1-2,6-9,11H,3-5,12H2,(H,26,31)(H,29,30). The summed E-state index contributed by atoms with van der Waals surface area (Å²) in [7, 11) is 0. The van der Waals surface area contributed by atoms with Gasteiger partial charge in [0.2, 0.25) is 0 Å². The fraction of sp³-hybridized carbons (Fsp3) is 0.238. The number of aryl methyl sites for hydroxylation is 1. The van der Waals surface area contributed by atoms with E-state index in [0.717, 1.165) is 16.3 Å². The number of nitrogens with zero attached hydrogens (tertiary/aromatic N) is 3. The molecule has 166 valence electrons. The SMILES string of the molecule is N#CCCCc1ccc(-n2c(Br)cnc2SC(F)(F)C(=O)NCC(=O)O)c2ccccc12. The monoisotopic (exact) mass is 522 g/mol. The quantitative estimate of drug-likeness (QED) is 0.316. The summed E-state index contributed by atoms with van der Waals surface area (Å²) in [5.74, 6) is -3.14. The number of carbonyl (C=O) groups is 2. The minimum Gasteiger partial charge on any atom is -0.480 e. The summed E-state index contributed by atoms with van der Waals surface area (Å²) in [6, 6.07) is 13.3. The predicted octanol–water partition coefficient (Wildman–Crippen LogP) is 4.52. The number of hydrogen-bond donors (Lipinski definition) is 2. The average Bonchev–Trinajstić information content (AvgIpc) is 3.11. The van der Waals surface area contributed by atoms with Crippen LogP contribution in [-0.4, -0.2) is 38.3 Å². The summed E-state index contributed by atoms with van der Waals surface area (Å²) >= 11 is 3.26. The molecule has 11 heteroatoms. The number of halogens is 3. The summed E-state index contributed by atoms with van der Waals surface area (Å²) < 4.78 is 30.8. The largest absolute Gasteiger partial charge is 0.480 e. The Morgan fingerprint density at radius 3 is 2.66 bits per heavy atom. The number of amides is 1. The van der Waals surface area contributed by atoms with E-state index < -0.39 is 23.7 Å². The Balaban J connectivity index is 1.99. The molecular weight excluding hydrogens is 506 g/mol. The van der Waals surface area contributed by atoms with Gasteiger partial charge in [-0.15, -0.1) is 0 Å². The summed E-state index contributed by atoms with van der Waals surface area (Å²) in [6.07, 6.45) is 3.18. The zero-order valence-corrected chi connectivity index (χ0v) is 18.9. The van der Waals surface area contributed by atoms with Gasteiger partial charge in [0.05, 0.1) is 18.0 Å². The highest BCUT2D eigenvalue weighted by molar-refractivity contribution is 9.10. The molecule has 7 nitrogen and oxygen atoms in total. The lowest BCUT2D eigenvalue weighted by Crippen LogP contribution is -2.40. The highest BCUT2D eigenvalue weighted by Gasteiger charge is 2.42. The van der Waals surface area contributed by atoms with Crippen molar-refractivity contribution in [2.24, 2.45) is 0 Å². The molecule has 2 N–H and O–H groups in total. The maximum atomic E-state index is 14.5. The zero-order chi connectivity index (χ0) is 23.3. The number of carboxylic acids is 1. The number of nitrogens with one attached hydrogen (secondary N) is 1. The Morgan fingerprint density at radius 2 is 1.97 bits per heavy atom. The molecule has 0 aliphatic rings. The molecule has 1 heterocycles. The van der Waals surface area contributed by atoms with Gasteiger partial charge in [-0.05, 0) is 57.5 Å². The van der Waals surface area contributed by atoms with Gasteiger partial charge in [0, 0.05) is 11.8 Å².